The van der Waals surface area contributed by atoms with Gasteiger partial charge in [0, 0.05) is 16.1 Å². The van der Waals surface area contributed by atoms with Crippen LogP contribution in [0.3, 0.4) is 0 Å². The number of hydrogen-bond donors (Lipinski definition) is 1. The van der Waals surface area contributed by atoms with Gasteiger partial charge in [-0.15, -0.1) is 0 Å². The first-order valence-electron chi connectivity index (χ1n) is 4.32. The minimum absolute atomic E-state index is 0.708. The molecular weight excluding hydrogens is 196 g/mol. The van der Waals surface area contributed by atoms with Crippen LogP contribution in [0.4, 0.5) is 0 Å². The van der Waals surface area contributed by atoms with Crippen LogP contribution in [0.5, 0.6) is 0 Å². The molecule has 0 saturated carbocycles. The second-order valence-corrected chi connectivity index (χ2v) is 3.74. The fourth-order valence-corrected chi connectivity index (χ4v) is 1.81. The van der Waals surface area contributed by atoms with Gasteiger partial charge in [-0.05, 0) is 31.5 Å². The van der Waals surface area contributed by atoms with Crippen LogP contribution in [-0.2, 0) is 0 Å². The summed E-state index contributed by atoms with van der Waals surface area (Å²) in [6, 6.07) is 5.90. The molecule has 1 heterocycles. The summed E-state index contributed by atoms with van der Waals surface area (Å²) in [5.74, 6) is 0. The van der Waals surface area contributed by atoms with E-state index in [0.717, 1.165) is 27.2 Å². The van der Waals surface area contributed by atoms with E-state index in [1.807, 2.05) is 26.0 Å². The van der Waals surface area contributed by atoms with Gasteiger partial charge in [0.15, 0.2) is 0 Å². The van der Waals surface area contributed by atoms with Gasteiger partial charge in [0.1, 0.15) is 6.07 Å². The maximum Gasteiger partial charge on any atom is 0.102 e. The van der Waals surface area contributed by atoms with Crippen LogP contribution in [0, 0.1) is 25.2 Å². The molecular formula is C11H9ClN2. The van der Waals surface area contributed by atoms with Gasteiger partial charge in [-0.1, -0.05) is 11.6 Å². The van der Waals surface area contributed by atoms with E-state index in [2.05, 4.69) is 11.1 Å². The Morgan fingerprint density at radius 2 is 2.07 bits per heavy atom. The van der Waals surface area contributed by atoms with Crippen LogP contribution < -0.4 is 0 Å². The number of aryl methyl sites for hydroxylation is 2. The van der Waals surface area contributed by atoms with Crippen molar-refractivity contribution >= 4 is 22.5 Å². The lowest BCUT2D eigenvalue weighted by molar-refractivity contribution is 1.27. The number of fused-ring (bicyclic) bond motifs is 1. The van der Waals surface area contributed by atoms with E-state index in [0.29, 0.717) is 5.56 Å². The molecule has 3 heteroatoms. The molecule has 0 unspecified atom stereocenters. The lowest BCUT2D eigenvalue weighted by atomic mass is 10.1. The van der Waals surface area contributed by atoms with Crippen molar-refractivity contribution in [2.75, 3.05) is 0 Å². The number of nitrogens with zero attached hydrogens (tertiary/aromatic N) is 1. The molecule has 1 N–H and O–H groups in total. The molecule has 14 heavy (non-hydrogen) atoms. The minimum atomic E-state index is 0.708. The predicted octanol–water partition coefficient (Wildman–Crippen LogP) is 3.31. The summed E-state index contributed by atoms with van der Waals surface area (Å²) in [6.45, 7) is 3.84. The van der Waals surface area contributed by atoms with E-state index in [9.17, 15) is 0 Å². The smallest absolute Gasteiger partial charge is 0.102 e. The third-order valence-corrected chi connectivity index (χ3v) is 2.88. The molecule has 2 nitrogen and oxygen atoms in total. The third-order valence-electron chi connectivity index (χ3n) is 2.47. The van der Waals surface area contributed by atoms with Crippen molar-refractivity contribution in [3.63, 3.8) is 0 Å². The molecule has 0 aliphatic heterocycles. The molecule has 0 atom stereocenters. The average molecular weight is 205 g/mol. The molecule has 0 amide bonds. The molecule has 0 saturated heterocycles. The van der Waals surface area contributed by atoms with Gasteiger partial charge in [0.25, 0.3) is 0 Å². The van der Waals surface area contributed by atoms with Crippen molar-refractivity contribution in [2.45, 2.75) is 13.8 Å². The fraction of sp³-hybridized carbons (Fsp3) is 0.182. The van der Waals surface area contributed by atoms with E-state index < -0.39 is 0 Å². The molecule has 70 valence electrons. The van der Waals surface area contributed by atoms with Crippen LogP contribution in [-0.4, -0.2) is 4.98 Å². The molecule has 0 bridgehead atoms. The summed E-state index contributed by atoms with van der Waals surface area (Å²) in [5.41, 5.74) is 3.56. The zero-order valence-electron chi connectivity index (χ0n) is 7.98. The van der Waals surface area contributed by atoms with Crippen LogP contribution in [0.25, 0.3) is 10.9 Å². The highest BCUT2D eigenvalue weighted by Crippen LogP contribution is 2.28. The number of H-pyrrole nitrogens is 1. The molecule has 0 spiro atoms. The van der Waals surface area contributed by atoms with Crippen molar-refractivity contribution in [1.29, 1.82) is 5.26 Å². The Morgan fingerprint density at radius 1 is 1.36 bits per heavy atom. The van der Waals surface area contributed by atoms with E-state index in [1.165, 1.54) is 0 Å². The highest BCUT2D eigenvalue weighted by molar-refractivity contribution is 6.32. The highest BCUT2D eigenvalue weighted by atomic mass is 35.5. The number of nitrogens with one attached hydrogen (secondary N) is 1. The maximum absolute atomic E-state index is 8.96. The third kappa shape index (κ3) is 1.10. The Hall–Kier alpha value is -1.46. The molecule has 0 aliphatic rings. The van der Waals surface area contributed by atoms with Gasteiger partial charge in [-0.3, -0.25) is 0 Å². The summed E-state index contributed by atoms with van der Waals surface area (Å²) in [5, 5.41) is 10.6. The fourth-order valence-electron chi connectivity index (χ4n) is 1.65. The topological polar surface area (TPSA) is 39.6 Å². The van der Waals surface area contributed by atoms with Gasteiger partial charge in [-0.2, -0.15) is 5.26 Å². The van der Waals surface area contributed by atoms with Crippen molar-refractivity contribution < 1.29 is 0 Å². The Labute approximate surface area is 87.1 Å². The number of rotatable bonds is 0. The number of halogens is 1. The van der Waals surface area contributed by atoms with Crippen LogP contribution in [0.1, 0.15) is 16.8 Å². The van der Waals surface area contributed by atoms with Gasteiger partial charge < -0.3 is 4.98 Å². The summed E-state index contributed by atoms with van der Waals surface area (Å²) >= 11 is 5.99. The number of benzene rings is 1. The second kappa shape index (κ2) is 3.04. The quantitative estimate of drug-likeness (QED) is 0.703. The molecule has 1 aromatic carbocycles. The number of nitriles is 1. The molecule has 0 aliphatic carbocycles. The lowest BCUT2D eigenvalue weighted by Gasteiger charge is -1.98. The van der Waals surface area contributed by atoms with Crippen molar-refractivity contribution in [3.8, 4) is 6.07 Å². The Kier molecular flexibility index (Phi) is 1.98. The molecule has 2 rings (SSSR count). The van der Waals surface area contributed by atoms with Crippen molar-refractivity contribution in [3.05, 3.63) is 34.0 Å². The highest BCUT2D eigenvalue weighted by Gasteiger charge is 2.10. The van der Waals surface area contributed by atoms with Gasteiger partial charge in [0.2, 0.25) is 0 Å². The molecule has 1 aromatic heterocycles. The zero-order chi connectivity index (χ0) is 10.3. The van der Waals surface area contributed by atoms with Crippen LogP contribution >= 0.6 is 11.6 Å². The number of aromatic nitrogens is 1. The van der Waals surface area contributed by atoms with Gasteiger partial charge in [0.05, 0.1) is 11.1 Å². The minimum Gasteiger partial charge on any atom is -0.357 e. The molecule has 0 fully saturated rings. The van der Waals surface area contributed by atoms with Crippen molar-refractivity contribution in [1.82, 2.24) is 4.98 Å². The first kappa shape index (κ1) is 9.11. The maximum atomic E-state index is 8.96. The molecule has 0 radical (unpaired) electrons. The van der Waals surface area contributed by atoms with E-state index in [-0.39, 0.29) is 0 Å². The normalized spacial score (nSPS) is 10.4. The first-order valence-corrected chi connectivity index (χ1v) is 4.70. The standard InChI is InChI=1S/C11H9ClN2/c1-6-10(12)4-3-8-9(5-13)7(2)14-11(6)8/h3-4,14H,1-2H3. The zero-order valence-corrected chi connectivity index (χ0v) is 8.74. The Balaban J connectivity index is 2.96. The monoisotopic (exact) mass is 204 g/mol. The first-order chi connectivity index (χ1) is 6.65. The molecule has 2 aromatic rings. The largest absolute Gasteiger partial charge is 0.357 e. The van der Waals surface area contributed by atoms with Gasteiger partial charge >= 0.3 is 0 Å². The summed E-state index contributed by atoms with van der Waals surface area (Å²) in [7, 11) is 0. The number of hydrogen-bond acceptors (Lipinski definition) is 1. The lowest BCUT2D eigenvalue weighted by Crippen LogP contribution is -1.78. The second-order valence-electron chi connectivity index (χ2n) is 3.33. The Bertz CT molecular complexity index is 546. The summed E-state index contributed by atoms with van der Waals surface area (Å²) in [6.07, 6.45) is 0. The Morgan fingerprint density at radius 3 is 2.71 bits per heavy atom. The van der Waals surface area contributed by atoms with E-state index in [1.54, 1.807) is 0 Å². The summed E-state index contributed by atoms with van der Waals surface area (Å²) in [4.78, 5) is 3.18. The predicted molar refractivity (Wildman–Crippen MR) is 57.5 cm³/mol. The summed E-state index contributed by atoms with van der Waals surface area (Å²) < 4.78 is 0. The average Bonchev–Trinajstić information content (AvgIpc) is 2.49. The SMILES string of the molecule is Cc1[nH]c2c(C)c(Cl)ccc2c1C#N. The van der Waals surface area contributed by atoms with Crippen LogP contribution in [0.2, 0.25) is 5.02 Å². The van der Waals surface area contributed by atoms with Crippen molar-refractivity contribution in [2.24, 2.45) is 0 Å². The van der Waals surface area contributed by atoms with Gasteiger partial charge in [-0.25, -0.2) is 0 Å². The number of aromatic amines is 1. The van der Waals surface area contributed by atoms with E-state index in [4.69, 9.17) is 16.9 Å². The van der Waals surface area contributed by atoms with Crippen LogP contribution in [0.15, 0.2) is 12.1 Å². The van der Waals surface area contributed by atoms with E-state index >= 15 is 0 Å².